The smallest absolute Gasteiger partial charge is 0.338 e. The maximum Gasteiger partial charge on any atom is 0.338 e. The summed E-state index contributed by atoms with van der Waals surface area (Å²) in [5.74, 6) is 0.780. The molecule has 132 valence electrons. The van der Waals surface area contributed by atoms with Crippen molar-refractivity contribution in [2.45, 2.75) is 26.9 Å². The van der Waals surface area contributed by atoms with Crippen LogP contribution in [-0.4, -0.2) is 11.8 Å². The molecule has 0 unspecified atom stereocenters. The summed E-state index contributed by atoms with van der Waals surface area (Å²) in [6, 6.07) is 11.2. The van der Waals surface area contributed by atoms with Crippen molar-refractivity contribution in [3.8, 4) is 22.6 Å². The van der Waals surface area contributed by atoms with E-state index in [2.05, 4.69) is 13.2 Å². The number of benzene rings is 2. The van der Waals surface area contributed by atoms with Crippen molar-refractivity contribution in [3.05, 3.63) is 71.8 Å². The van der Waals surface area contributed by atoms with E-state index in [-0.39, 0.29) is 5.78 Å². The van der Waals surface area contributed by atoms with Crippen LogP contribution < -0.4 is 9.47 Å². The molecule has 0 atom stereocenters. The fraction of sp³-hybridized carbons (Fsp3) is 0.182. The summed E-state index contributed by atoms with van der Waals surface area (Å²) in [5, 5.41) is 0. The van der Waals surface area contributed by atoms with Gasteiger partial charge in [-0.2, -0.15) is 0 Å². The first-order chi connectivity index (χ1) is 12.3. The summed E-state index contributed by atoms with van der Waals surface area (Å²) in [7, 11) is 0. The zero-order valence-corrected chi connectivity index (χ0v) is 14.9. The number of esters is 1. The number of carbonyl (C=O) groups excluding carboxylic acids is 2. The molecule has 0 amide bonds. The first kappa shape index (κ1) is 17.7. The third-order valence-electron chi connectivity index (χ3n) is 4.20. The van der Waals surface area contributed by atoms with E-state index >= 15 is 0 Å². The van der Waals surface area contributed by atoms with Gasteiger partial charge < -0.3 is 9.47 Å². The molecule has 1 aliphatic rings. The zero-order chi connectivity index (χ0) is 18.8. The average Bonchev–Trinajstić information content (AvgIpc) is 2.61. The number of carbonyl (C=O) groups is 2. The number of rotatable bonds is 5. The van der Waals surface area contributed by atoms with E-state index in [4.69, 9.17) is 9.47 Å². The first-order valence-electron chi connectivity index (χ1n) is 8.30. The summed E-state index contributed by atoms with van der Waals surface area (Å²) in [6.07, 6.45) is 0.314. The number of fused-ring (bicyclic) bond motifs is 3. The molecule has 0 spiro atoms. The fourth-order valence-electron chi connectivity index (χ4n) is 2.72. The summed E-state index contributed by atoms with van der Waals surface area (Å²) < 4.78 is 11.1. The third-order valence-corrected chi connectivity index (χ3v) is 4.20. The Balaban J connectivity index is 1.87. The third kappa shape index (κ3) is 3.59. The van der Waals surface area contributed by atoms with Gasteiger partial charge in [-0.1, -0.05) is 31.4 Å². The molecule has 2 aromatic rings. The predicted octanol–water partition coefficient (Wildman–Crippen LogP) is 4.42. The van der Waals surface area contributed by atoms with Gasteiger partial charge in [-0.25, -0.2) is 4.79 Å². The SMILES string of the molecule is C=C(C)C(=O)Cc1ccc2c(c1)OCc1cc(OC(=O)C(=C)C)ccc1-2. The highest BCUT2D eigenvalue weighted by Gasteiger charge is 2.19. The van der Waals surface area contributed by atoms with Crippen molar-refractivity contribution < 1.29 is 19.1 Å². The Labute approximate surface area is 152 Å². The van der Waals surface area contributed by atoms with E-state index in [1.165, 1.54) is 0 Å². The van der Waals surface area contributed by atoms with Gasteiger partial charge in [-0.3, -0.25) is 4.79 Å². The molecule has 0 radical (unpaired) electrons. The summed E-state index contributed by atoms with van der Waals surface area (Å²) in [4.78, 5) is 23.5. The van der Waals surface area contributed by atoms with E-state index in [0.717, 1.165) is 28.0 Å². The molecule has 1 aliphatic heterocycles. The second kappa shape index (κ2) is 7.00. The number of ketones is 1. The highest BCUT2D eigenvalue weighted by Crippen LogP contribution is 2.39. The van der Waals surface area contributed by atoms with Crippen LogP contribution in [0.3, 0.4) is 0 Å². The molecule has 0 fully saturated rings. The predicted molar refractivity (Wildman–Crippen MR) is 100 cm³/mol. The molecule has 0 saturated heterocycles. The van der Waals surface area contributed by atoms with E-state index in [0.29, 0.717) is 29.9 Å². The molecule has 4 heteroatoms. The minimum Gasteiger partial charge on any atom is -0.488 e. The van der Waals surface area contributed by atoms with E-state index < -0.39 is 5.97 Å². The van der Waals surface area contributed by atoms with E-state index in [1.54, 1.807) is 26.0 Å². The van der Waals surface area contributed by atoms with Crippen LogP contribution in [0.25, 0.3) is 11.1 Å². The van der Waals surface area contributed by atoms with Gasteiger partial charge in [-0.15, -0.1) is 0 Å². The Morgan fingerprint density at radius 1 is 1.04 bits per heavy atom. The molecule has 2 aromatic carbocycles. The van der Waals surface area contributed by atoms with Gasteiger partial charge in [0.1, 0.15) is 18.1 Å². The number of Topliss-reactive ketones (excluding diaryl/α,β-unsaturated/α-hetero) is 1. The van der Waals surface area contributed by atoms with Gasteiger partial charge in [-0.05, 0) is 48.7 Å². The quantitative estimate of drug-likeness (QED) is 0.456. The molecule has 0 N–H and O–H groups in total. The number of allylic oxidation sites excluding steroid dienone is 1. The molecule has 26 heavy (non-hydrogen) atoms. The molecule has 1 heterocycles. The summed E-state index contributed by atoms with van der Waals surface area (Å²) in [5.41, 5.74) is 4.71. The maximum atomic E-state index is 11.9. The highest BCUT2D eigenvalue weighted by molar-refractivity contribution is 5.95. The highest BCUT2D eigenvalue weighted by atomic mass is 16.5. The van der Waals surface area contributed by atoms with Crippen LogP contribution in [0.2, 0.25) is 0 Å². The monoisotopic (exact) mass is 348 g/mol. The minimum absolute atomic E-state index is 0.0186. The van der Waals surface area contributed by atoms with Crippen molar-refractivity contribution >= 4 is 11.8 Å². The molecule has 4 nitrogen and oxygen atoms in total. The molecular formula is C22H20O4. The summed E-state index contributed by atoms with van der Waals surface area (Å²) >= 11 is 0. The summed E-state index contributed by atoms with van der Waals surface area (Å²) in [6.45, 7) is 11.0. The Kier molecular flexibility index (Phi) is 4.76. The van der Waals surface area contributed by atoms with Gasteiger partial charge in [0, 0.05) is 23.1 Å². The van der Waals surface area contributed by atoms with Crippen molar-refractivity contribution in [3.63, 3.8) is 0 Å². The van der Waals surface area contributed by atoms with Gasteiger partial charge in [0.2, 0.25) is 0 Å². The maximum absolute atomic E-state index is 11.9. The van der Waals surface area contributed by atoms with E-state index in [1.807, 2.05) is 24.3 Å². The lowest BCUT2D eigenvalue weighted by molar-refractivity contribution is -0.130. The Morgan fingerprint density at radius 2 is 1.77 bits per heavy atom. The molecular weight excluding hydrogens is 328 g/mol. The van der Waals surface area contributed by atoms with Crippen LogP contribution in [0.4, 0.5) is 0 Å². The van der Waals surface area contributed by atoms with Crippen LogP contribution >= 0.6 is 0 Å². The molecule has 0 saturated carbocycles. The van der Waals surface area contributed by atoms with Gasteiger partial charge in [0.25, 0.3) is 0 Å². The standard InChI is InChI=1S/C22H20O4/c1-13(2)20(23)9-15-5-7-19-18-8-6-17(26-22(24)14(3)4)11-16(18)12-25-21(19)10-15/h5-8,10-11H,1,3,9,12H2,2,4H3. The molecule has 0 aromatic heterocycles. The van der Waals surface area contributed by atoms with Crippen LogP contribution in [0.1, 0.15) is 25.0 Å². The van der Waals surface area contributed by atoms with Crippen molar-refractivity contribution in [1.29, 1.82) is 0 Å². The van der Waals surface area contributed by atoms with E-state index in [9.17, 15) is 9.59 Å². The topological polar surface area (TPSA) is 52.6 Å². The van der Waals surface area contributed by atoms with Gasteiger partial charge >= 0.3 is 5.97 Å². The molecule has 0 bridgehead atoms. The van der Waals surface area contributed by atoms with Crippen molar-refractivity contribution in [2.24, 2.45) is 0 Å². The average molecular weight is 348 g/mol. The number of ether oxygens (including phenoxy) is 2. The van der Waals surface area contributed by atoms with Crippen LogP contribution in [-0.2, 0) is 22.6 Å². The Bertz CT molecular complexity index is 860. The molecule has 0 aliphatic carbocycles. The van der Waals surface area contributed by atoms with Crippen molar-refractivity contribution in [2.75, 3.05) is 0 Å². The van der Waals surface area contributed by atoms with Crippen molar-refractivity contribution in [1.82, 2.24) is 0 Å². The Hall–Kier alpha value is -3.14. The second-order valence-corrected chi connectivity index (χ2v) is 6.49. The minimum atomic E-state index is -0.450. The number of hydrogen-bond donors (Lipinski definition) is 0. The first-order valence-corrected chi connectivity index (χ1v) is 8.30. The largest absolute Gasteiger partial charge is 0.488 e. The lowest BCUT2D eigenvalue weighted by Gasteiger charge is -2.22. The Morgan fingerprint density at radius 3 is 2.46 bits per heavy atom. The van der Waals surface area contributed by atoms with Gasteiger partial charge in [0.05, 0.1) is 0 Å². The second-order valence-electron chi connectivity index (χ2n) is 6.49. The van der Waals surface area contributed by atoms with Crippen LogP contribution in [0, 0.1) is 0 Å². The molecule has 3 rings (SSSR count). The number of hydrogen-bond acceptors (Lipinski definition) is 4. The lowest BCUT2D eigenvalue weighted by Crippen LogP contribution is -2.10. The lowest BCUT2D eigenvalue weighted by atomic mass is 9.94. The fourth-order valence-corrected chi connectivity index (χ4v) is 2.72. The zero-order valence-electron chi connectivity index (χ0n) is 14.9. The van der Waals surface area contributed by atoms with Crippen LogP contribution in [0.5, 0.6) is 11.5 Å². The van der Waals surface area contributed by atoms with Gasteiger partial charge in [0.15, 0.2) is 5.78 Å². The normalized spacial score (nSPS) is 11.6. The van der Waals surface area contributed by atoms with Crippen LogP contribution in [0.15, 0.2) is 60.7 Å².